The van der Waals surface area contributed by atoms with Crippen LogP contribution in [0.25, 0.3) is 11.0 Å². The molecule has 0 unspecified atom stereocenters. The lowest BCUT2D eigenvalue weighted by atomic mass is 10.1. The second-order valence-corrected chi connectivity index (χ2v) is 5.90. The molecule has 0 saturated heterocycles. The lowest BCUT2D eigenvalue weighted by Gasteiger charge is -2.22. The maximum atomic E-state index is 13.0. The van der Waals surface area contributed by atoms with Gasteiger partial charge in [-0.1, -0.05) is 12.1 Å². The fourth-order valence-corrected chi connectivity index (χ4v) is 2.76. The first kappa shape index (κ1) is 18.6. The summed E-state index contributed by atoms with van der Waals surface area (Å²) in [5.41, 5.74) is 0.496. The zero-order valence-electron chi connectivity index (χ0n) is 15.2. The zero-order valence-corrected chi connectivity index (χ0v) is 15.2. The van der Waals surface area contributed by atoms with Gasteiger partial charge in [-0.15, -0.1) is 0 Å². The number of pyridine rings is 1. The number of amides is 1. The number of hydrogen-bond acceptors (Lipinski definition) is 6. The summed E-state index contributed by atoms with van der Waals surface area (Å²) in [5.74, 6) is 0.0268. The first-order chi connectivity index (χ1) is 13.1. The lowest BCUT2D eigenvalue weighted by Crippen LogP contribution is -2.36. The van der Waals surface area contributed by atoms with Crippen LogP contribution in [0.5, 0.6) is 5.75 Å². The number of fused-ring (bicyclic) bond motifs is 1. The third kappa shape index (κ3) is 4.15. The summed E-state index contributed by atoms with van der Waals surface area (Å²) >= 11 is 0. The van der Waals surface area contributed by atoms with Gasteiger partial charge in [0.1, 0.15) is 5.56 Å². The second kappa shape index (κ2) is 8.46. The number of ether oxygens (including phenoxy) is 2. The van der Waals surface area contributed by atoms with Crippen molar-refractivity contribution in [3.8, 4) is 5.75 Å². The third-order valence-corrected chi connectivity index (χ3v) is 4.15. The van der Waals surface area contributed by atoms with Gasteiger partial charge in [0.05, 0.1) is 13.7 Å². The summed E-state index contributed by atoms with van der Waals surface area (Å²) in [6, 6.07) is 10.4. The van der Waals surface area contributed by atoms with Gasteiger partial charge in [0.2, 0.25) is 0 Å². The van der Waals surface area contributed by atoms with Crippen LogP contribution in [0.2, 0.25) is 0 Å². The van der Waals surface area contributed by atoms with E-state index >= 15 is 0 Å². The molecule has 2 heterocycles. The van der Waals surface area contributed by atoms with Crippen LogP contribution in [-0.4, -0.2) is 43.2 Å². The Morgan fingerprint density at radius 1 is 1.19 bits per heavy atom. The number of carbonyl (C=O) groups is 1. The van der Waals surface area contributed by atoms with Crippen LogP contribution in [0.3, 0.4) is 0 Å². The molecule has 0 saturated carbocycles. The highest BCUT2D eigenvalue weighted by molar-refractivity contribution is 5.97. The minimum absolute atomic E-state index is 0.0269. The number of nitrogens with zero attached hydrogens (tertiary/aromatic N) is 2. The molecule has 0 aliphatic rings. The summed E-state index contributed by atoms with van der Waals surface area (Å²) in [7, 11) is 3.06. The van der Waals surface area contributed by atoms with Crippen LogP contribution in [0.4, 0.5) is 0 Å². The number of benzene rings is 1. The molecule has 0 fully saturated rings. The van der Waals surface area contributed by atoms with E-state index in [0.29, 0.717) is 36.4 Å². The molecule has 0 atom stereocenters. The predicted octanol–water partition coefficient (Wildman–Crippen LogP) is 2.49. The molecule has 0 spiro atoms. The molecule has 0 aliphatic carbocycles. The van der Waals surface area contributed by atoms with Crippen molar-refractivity contribution in [2.24, 2.45) is 0 Å². The number of carbonyl (C=O) groups excluding carboxylic acids is 1. The fourth-order valence-electron chi connectivity index (χ4n) is 2.76. The van der Waals surface area contributed by atoms with Gasteiger partial charge in [-0.05, 0) is 29.8 Å². The van der Waals surface area contributed by atoms with Crippen molar-refractivity contribution >= 4 is 16.9 Å². The molecule has 2 aromatic heterocycles. The fraction of sp³-hybridized carbons (Fsp3) is 0.250. The average molecular weight is 368 g/mol. The SMILES string of the molecule is COCCN(Cc1ccncc1)C(=O)c1cc2cccc(OC)c2oc1=O. The molecule has 27 heavy (non-hydrogen) atoms. The molecule has 0 bridgehead atoms. The van der Waals surface area contributed by atoms with Gasteiger partial charge >= 0.3 is 5.63 Å². The Morgan fingerprint density at radius 3 is 2.67 bits per heavy atom. The average Bonchev–Trinajstić information content (AvgIpc) is 2.70. The molecule has 1 amide bonds. The summed E-state index contributed by atoms with van der Waals surface area (Å²) in [4.78, 5) is 31.0. The molecule has 3 rings (SSSR count). The Bertz CT molecular complexity index is 985. The van der Waals surface area contributed by atoms with Crippen LogP contribution in [0.15, 0.2) is 58.0 Å². The van der Waals surface area contributed by atoms with Crippen molar-refractivity contribution in [1.82, 2.24) is 9.88 Å². The summed E-state index contributed by atoms with van der Waals surface area (Å²) in [6.07, 6.45) is 3.32. The maximum absolute atomic E-state index is 13.0. The lowest BCUT2D eigenvalue weighted by molar-refractivity contribution is 0.0676. The van der Waals surface area contributed by atoms with E-state index in [4.69, 9.17) is 13.9 Å². The molecule has 0 N–H and O–H groups in total. The van der Waals surface area contributed by atoms with E-state index < -0.39 is 11.5 Å². The molecular weight excluding hydrogens is 348 g/mol. The highest BCUT2D eigenvalue weighted by Crippen LogP contribution is 2.24. The largest absolute Gasteiger partial charge is 0.493 e. The first-order valence-electron chi connectivity index (χ1n) is 8.42. The van der Waals surface area contributed by atoms with Gasteiger partial charge in [0.15, 0.2) is 11.3 Å². The first-order valence-corrected chi connectivity index (χ1v) is 8.42. The van der Waals surface area contributed by atoms with Crippen LogP contribution in [0.1, 0.15) is 15.9 Å². The van der Waals surface area contributed by atoms with E-state index in [1.807, 2.05) is 12.1 Å². The van der Waals surface area contributed by atoms with Crippen LogP contribution < -0.4 is 10.4 Å². The molecule has 3 aromatic rings. The van der Waals surface area contributed by atoms with E-state index in [0.717, 1.165) is 5.56 Å². The Balaban J connectivity index is 1.97. The van der Waals surface area contributed by atoms with Crippen molar-refractivity contribution in [3.63, 3.8) is 0 Å². The highest BCUT2D eigenvalue weighted by Gasteiger charge is 2.21. The Hall–Kier alpha value is -3.19. The smallest absolute Gasteiger partial charge is 0.349 e. The highest BCUT2D eigenvalue weighted by atomic mass is 16.5. The maximum Gasteiger partial charge on any atom is 0.349 e. The third-order valence-electron chi connectivity index (χ3n) is 4.15. The van der Waals surface area contributed by atoms with E-state index in [1.165, 1.54) is 7.11 Å². The predicted molar refractivity (Wildman–Crippen MR) is 99.9 cm³/mol. The normalized spacial score (nSPS) is 10.7. The minimum atomic E-state index is -0.700. The molecule has 0 radical (unpaired) electrons. The quantitative estimate of drug-likeness (QED) is 0.596. The van der Waals surface area contributed by atoms with E-state index in [9.17, 15) is 9.59 Å². The number of hydrogen-bond donors (Lipinski definition) is 0. The van der Waals surface area contributed by atoms with Crippen molar-refractivity contribution in [2.75, 3.05) is 27.4 Å². The number of aromatic nitrogens is 1. The molecule has 140 valence electrons. The molecule has 0 aliphatic heterocycles. The summed E-state index contributed by atoms with van der Waals surface area (Å²) < 4.78 is 15.7. The van der Waals surface area contributed by atoms with Gasteiger partial charge in [-0.25, -0.2) is 4.79 Å². The monoisotopic (exact) mass is 368 g/mol. The number of methoxy groups -OCH3 is 2. The Morgan fingerprint density at radius 2 is 1.96 bits per heavy atom. The standard InChI is InChI=1S/C20H20N2O5/c1-25-11-10-22(13-14-6-8-21-9-7-14)19(23)16-12-15-4-3-5-17(26-2)18(15)27-20(16)24/h3-9,12H,10-11,13H2,1-2H3. The number of rotatable bonds is 7. The minimum Gasteiger partial charge on any atom is -0.493 e. The van der Waals surface area contributed by atoms with Gasteiger partial charge in [0, 0.05) is 38.0 Å². The van der Waals surface area contributed by atoms with Crippen molar-refractivity contribution < 1.29 is 18.7 Å². The Kier molecular flexibility index (Phi) is 5.83. The number of para-hydroxylation sites is 1. The molecular formula is C20H20N2O5. The van der Waals surface area contributed by atoms with E-state index in [1.54, 1.807) is 48.7 Å². The topological polar surface area (TPSA) is 81.9 Å². The van der Waals surface area contributed by atoms with E-state index in [-0.39, 0.29) is 5.56 Å². The van der Waals surface area contributed by atoms with Gasteiger partial charge in [-0.3, -0.25) is 9.78 Å². The molecule has 1 aromatic carbocycles. The molecule has 7 heteroatoms. The van der Waals surface area contributed by atoms with Gasteiger partial charge in [-0.2, -0.15) is 0 Å². The van der Waals surface area contributed by atoms with Crippen LogP contribution in [0, 0.1) is 0 Å². The van der Waals surface area contributed by atoms with Crippen LogP contribution >= 0.6 is 0 Å². The van der Waals surface area contributed by atoms with Gasteiger partial charge < -0.3 is 18.8 Å². The zero-order chi connectivity index (χ0) is 19.2. The van der Waals surface area contributed by atoms with Crippen molar-refractivity contribution in [1.29, 1.82) is 0 Å². The van der Waals surface area contributed by atoms with Crippen molar-refractivity contribution in [2.45, 2.75) is 6.54 Å². The molecule has 7 nitrogen and oxygen atoms in total. The van der Waals surface area contributed by atoms with Crippen LogP contribution in [-0.2, 0) is 11.3 Å². The summed E-state index contributed by atoms with van der Waals surface area (Å²) in [6.45, 7) is 1.02. The van der Waals surface area contributed by atoms with Gasteiger partial charge in [0.25, 0.3) is 5.91 Å². The summed E-state index contributed by atoms with van der Waals surface area (Å²) in [5, 5.41) is 0.618. The Labute approximate surface area is 156 Å². The van der Waals surface area contributed by atoms with E-state index in [2.05, 4.69) is 4.98 Å². The second-order valence-electron chi connectivity index (χ2n) is 5.90. The van der Waals surface area contributed by atoms with Crippen molar-refractivity contribution in [3.05, 3.63) is 70.3 Å².